The van der Waals surface area contributed by atoms with Gasteiger partial charge in [-0.1, -0.05) is 12.1 Å². The molecule has 0 radical (unpaired) electrons. The second-order valence-corrected chi connectivity index (χ2v) is 4.32. The molecular weight excluding hydrogens is 302 g/mol. The number of hydrogen-bond donors (Lipinski definition) is 2. The minimum absolute atomic E-state index is 0.284. The highest BCUT2D eigenvalue weighted by Gasteiger charge is 2.09. The average Bonchev–Trinajstić information content (AvgIpc) is 2.72. The lowest BCUT2D eigenvalue weighted by Gasteiger charge is -2.08. The zero-order chi connectivity index (χ0) is 13.1. The summed E-state index contributed by atoms with van der Waals surface area (Å²) >= 11 is 3.17. The lowest BCUT2D eigenvalue weighted by molar-refractivity contribution is 0.651. The van der Waals surface area contributed by atoms with Gasteiger partial charge in [0, 0.05) is 28.7 Å². The van der Waals surface area contributed by atoms with Gasteiger partial charge < -0.3 is 15.7 Å². The van der Waals surface area contributed by atoms with Gasteiger partial charge in [0.05, 0.1) is 6.54 Å². The lowest BCUT2D eigenvalue weighted by Crippen LogP contribution is -2.23. The van der Waals surface area contributed by atoms with Gasteiger partial charge in [-0.2, -0.15) is 9.78 Å². The van der Waals surface area contributed by atoms with Crippen LogP contribution in [0, 0.1) is 10.4 Å². The molecule has 8 heteroatoms. The largest absolute Gasteiger partial charge is 0.744 e. The van der Waals surface area contributed by atoms with Crippen LogP contribution in [-0.4, -0.2) is 21.8 Å². The Kier molecular flexibility index (Phi) is 3.56. The van der Waals surface area contributed by atoms with E-state index in [1.807, 2.05) is 31.3 Å². The monoisotopic (exact) mass is 312 g/mol. The Balaban J connectivity index is 2.25. The molecule has 0 aliphatic carbocycles. The van der Waals surface area contributed by atoms with Gasteiger partial charge in [0.25, 0.3) is 4.73 Å². The smallest absolute Gasteiger partial charge is 0.412 e. The molecule has 0 atom stereocenters. The molecule has 0 saturated carbocycles. The van der Waals surface area contributed by atoms with E-state index in [4.69, 9.17) is 0 Å². The van der Waals surface area contributed by atoms with Crippen molar-refractivity contribution in [3.05, 3.63) is 50.6 Å². The number of halogens is 1. The highest BCUT2D eigenvalue weighted by Crippen LogP contribution is 2.11. The normalized spacial score (nSPS) is 10.3. The van der Waals surface area contributed by atoms with E-state index in [1.54, 1.807) is 4.68 Å². The third-order valence-electron chi connectivity index (χ3n) is 2.41. The Labute approximate surface area is 111 Å². The number of nitrogens with one attached hydrogen (secondary N) is 2. The Morgan fingerprint density at radius 2 is 2.06 bits per heavy atom. The maximum atomic E-state index is 10.6. The van der Waals surface area contributed by atoms with Crippen LogP contribution in [0.5, 0.6) is 0 Å². The van der Waals surface area contributed by atoms with Crippen LogP contribution in [0.25, 0.3) is 0 Å². The Morgan fingerprint density at radius 1 is 1.39 bits per heavy atom. The van der Waals surface area contributed by atoms with Gasteiger partial charge in [-0.3, -0.25) is 4.90 Å². The lowest BCUT2D eigenvalue weighted by atomic mass is 10.2. The number of benzene rings is 1. The van der Waals surface area contributed by atoms with Crippen LogP contribution in [0.2, 0.25) is 0 Å². The fourth-order valence-electron chi connectivity index (χ4n) is 1.49. The SMILES string of the molecule is CNc1ccc(Cn2[nH]c(=[N+]([O-])[O-])nc2Br)cc1. The summed E-state index contributed by atoms with van der Waals surface area (Å²) in [6, 6.07) is 7.76. The molecule has 0 fully saturated rings. The first kappa shape index (κ1) is 12.5. The topological polar surface area (TPSA) is 94.8 Å². The summed E-state index contributed by atoms with van der Waals surface area (Å²) in [7, 11) is 1.85. The second-order valence-electron chi connectivity index (χ2n) is 3.61. The molecule has 18 heavy (non-hydrogen) atoms. The van der Waals surface area contributed by atoms with E-state index in [1.165, 1.54) is 0 Å². The maximum Gasteiger partial charge on any atom is 0.412 e. The molecule has 0 aliphatic heterocycles. The van der Waals surface area contributed by atoms with Crippen molar-refractivity contribution in [1.82, 2.24) is 19.7 Å². The molecule has 96 valence electrons. The van der Waals surface area contributed by atoms with E-state index in [0.29, 0.717) is 11.3 Å². The summed E-state index contributed by atoms with van der Waals surface area (Å²) in [5, 5.41) is 26.8. The van der Waals surface area contributed by atoms with Crippen LogP contribution in [0.15, 0.2) is 29.0 Å². The van der Waals surface area contributed by atoms with Crippen molar-refractivity contribution < 1.29 is 0 Å². The van der Waals surface area contributed by atoms with E-state index in [-0.39, 0.29) is 5.62 Å². The third-order valence-corrected chi connectivity index (χ3v) is 3.02. The number of rotatable bonds is 3. The average molecular weight is 313 g/mol. The first-order valence-corrected chi connectivity index (χ1v) is 5.96. The van der Waals surface area contributed by atoms with E-state index in [9.17, 15) is 10.4 Å². The first-order chi connectivity index (χ1) is 8.60. The van der Waals surface area contributed by atoms with Gasteiger partial charge in [-0.15, -0.1) is 0 Å². The molecule has 0 unspecified atom stereocenters. The number of aromatic nitrogens is 3. The summed E-state index contributed by atoms with van der Waals surface area (Å²) in [5.74, 6) is 0. The standard InChI is InChI=1S/C10H11BrN5O2/c1-12-8-4-2-7(3-5-8)6-15-9(11)13-10(14-15)16(17)18/h2-5,12,14H,6H2,1H3/q-1. The van der Waals surface area contributed by atoms with Crippen LogP contribution < -0.4 is 15.8 Å². The molecule has 2 N–H and O–H groups in total. The van der Waals surface area contributed by atoms with Crippen molar-refractivity contribution in [2.75, 3.05) is 12.4 Å². The van der Waals surface area contributed by atoms with Crippen LogP contribution in [-0.2, 0) is 6.54 Å². The quantitative estimate of drug-likeness (QED) is 0.821. The molecule has 2 rings (SSSR count). The Bertz CT molecular complexity index is 597. The minimum Gasteiger partial charge on any atom is -0.744 e. The fourth-order valence-corrected chi connectivity index (χ4v) is 1.87. The van der Waals surface area contributed by atoms with Crippen LogP contribution >= 0.6 is 15.9 Å². The summed E-state index contributed by atoms with van der Waals surface area (Å²) in [6.45, 7) is 0.478. The van der Waals surface area contributed by atoms with Crippen molar-refractivity contribution in [3.63, 3.8) is 0 Å². The number of aromatic amines is 1. The number of H-pyrrole nitrogens is 1. The van der Waals surface area contributed by atoms with Crippen molar-refractivity contribution >= 4 is 21.6 Å². The molecule has 0 saturated heterocycles. The minimum atomic E-state index is -0.564. The predicted octanol–water partition coefficient (Wildman–Crippen LogP) is 0.832. The fraction of sp³-hybridized carbons (Fsp3) is 0.200. The maximum absolute atomic E-state index is 10.6. The van der Waals surface area contributed by atoms with Gasteiger partial charge in [0.1, 0.15) is 0 Å². The van der Waals surface area contributed by atoms with E-state index in [0.717, 1.165) is 11.3 Å². The number of hydrogen-bond acceptors (Lipinski definition) is 4. The second kappa shape index (κ2) is 5.13. The van der Waals surface area contributed by atoms with Gasteiger partial charge in [0.15, 0.2) is 0 Å². The summed E-state index contributed by atoms with van der Waals surface area (Å²) in [4.78, 5) is 3.19. The molecular formula is C10H11BrN5O2-. The van der Waals surface area contributed by atoms with Gasteiger partial charge >= 0.3 is 5.62 Å². The molecule has 0 bridgehead atoms. The van der Waals surface area contributed by atoms with Crippen LogP contribution in [0.4, 0.5) is 5.69 Å². The molecule has 7 nitrogen and oxygen atoms in total. The van der Waals surface area contributed by atoms with Crippen molar-refractivity contribution in [2.24, 2.45) is 0 Å². The van der Waals surface area contributed by atoms with Gasteiger partial charge in [0.2, 0.25) is 0 Å². The van der Waals surface area contributed by atoms with Crippen LogP contribution in [0.1, 0.15) is 5.56 Å². The van der Waals surface area contributed by atoms with E-state index >= 15 is 0 Å². The summed E-state index contributed by atoms with van der Waals surface area (Å²) in [5.41, 5.74) is 1.74. The first-order valence-electron chi connectivity index (χ1n) is 5.16. The Hall–Kier alpha value is -1.96. The highest BCUT2D eigenvalue weighted by atomic mass is 79.9. The molecule has 0 aliphatic rings. The van der Waals surface area contributed by atoms with Gasteiger partial charge in [-0.05, 0) is 22.7 Å². The third kappa shape index (κ3) is 2.65. The summed E-state index contributed by atoms with van der Waals surface area (Å²) in [6.07, 6.45) is 0. The molecule has 1 aromatic carbocycles. The highest BCUT2D eigenvalue weighted by molar-refractivity contribution is 9.10. The van der Waals surface area contributed by atoms with Crippen LogP contribution in [0.3, 0.4) is 0 Å². The Morgan fingerprint density at radius 3 is 2.56 bits per heavy atom. The van der Waals surface area contributed by atoms with E-state index in [2.05, 4.69) is 31.3 Å². The molecule has 0 spiro atoms. The predicted molar refractivity (Wildman–Crippen MR) is 71.4 cm³/mol. The molecule has 2 aromatic rings. The number of anilines is 1. The van der Waals surface area contributed by atoms with E-state index < -0.39 is 4.90 Å². The number of nitrogens with zero attached hydrogens (tertiary/aromatic N) is 3. The molecule has 1 aromatic heterocycles. The molecule has 1 heterocycles. The molecule has 0 amide bonds. The zero-order valence-electron chi connectivity index (χ0n) is 9.55. The zero-order valence-corrected chi connectivity index (χ0v) is 11.1. The van der Waals surface area contributed by atoms with Crippen molar-refractivity contribution in [2.45, 2.75) is 6.54 Å². The van der Waals surface area contributed by atoms with Crippen molar-refractivity contribution in [3.8, 4) is 0 Å². The summed E-state index contributed by atoms with van der Waals surface area (Å²) < 4.78 is 1.96. The van der Waals surface area contributed by atoms with Gasteiger partial charge in [-0.25, -0.2) is 0 Å². The van der Waals surface area contributed by atoms with Crippen molar-refractivity contribution in [1.29, 1.82) is 0 Å².